The fraction of sp³-hybridized carbons (Fsp3) is 0. The van der Waals surface area contributed by atoms with Crippen molar-refractivity contribution in [1.82, 2.24) is 4.98 Å². The molecule has 0 aliphatic rings. The summed E-state index contributed by atoms with van der Waals surface area (Å²) < 4.78 is 5.55. The molecule has 2 aromatic rings. The first kappa shape index (κ1) is 14.4. The van der Waals surface area contributed by atoms with E-state index in [4.69, 9.17) is 33.0 Å². The number of carboxylic acids is 1. The van der Waals surface area contributed by atoms with Gasteiger partial charge >= 0.3 is 5.97 Å². The molecular formula is C14H9Cl2NO3. The van der Waals surface area contributed by atoms with Crippen LogP contribution in [0.2, 0.25) is 10.0 Å². The number of pyridine rings is 1. The van der Waals surface area contributed by atoms with Gasteiger partial charge in [0.2, 0.25) is 0 Å². The Balaban J connectivity index is 2.19. The molecule has 1 aromatic carbocycles. The molecule has 1 aromatic heterocycles. The molecule has 0 saturated carbocycles. The van der Waals surface area contributed by atoms with Gasteiger partial charge in [-0.1, -0.05) is 23.2 Å². The van der Waals surface area contributed by atoms with Crippen LogP contribution in [0.4, 0.5) is 0 Å². The van der Waals surface area contributed by atoms with E-state index in [2.05, 4.69) is 4.98 Å². The number of carbonyl (C=O) groups is 1. The first-order chi connectivity index (χ1) is 9.54. The Labute approximate surface area is 125 Å². The van der Waals surface area contributed by atoms with E-state index < -0.39 is 5.97 Å². The van der Waals surface area contributed by atoms with Crippen molar-refractivity contribution in [3.05, 3.63) is 58.3 Å². The number of hydrogen-bond donors (Lipinski definition) is 1. The van der Waals surface area contributed by atoms with Crippen molar-refractivity contribution in [2.45, 2.75) is 0 Å². The van der Waals surface area contributed by atoms with Gasteiger partial charge in [-0.3, -0.25) is 4.98 Å². The third kappa shape index (κ3) is 3.98. The summed E-state index contributed by atoms with van der Waals surface area (Å²) in [5.74, 6) is -0.0414. The second kappa shape index (κ2) is 6.41. The molecule has 1 heterocycles. The molecule has 20 heavy (non-hydrogen) atoms. The van der Waals surface area contributed by atoms with Crippen LogP contribution >= 0.6 is 23.2 Å². The Morgan fingerprint density at radius 1 is 1.20 bits per heavy atom. The van der Waals surface area contributed by atoms with Gasteiger partial charge < -0.3 is 9.84 Å². The fourth-order valence-electron chi connectivity index (χ4n) is 1.45. The third-order valence-electron chi connectivity index (χ3n) is 2.29. The van der Waals surface area contributed by atoms with E-state index in [9.17, 15) is 4.79 Å². The molecule has 1 N–H and O–H groups in total. The minimum atomic E-state index is -1.04. The lowest BCUT2D eigenvalue weighted by Crippen LogP contribution is -1.88. The number of nitrogens with zero attached hydrogens (tertiary/aromatic N) is 1. The zero-order valence-electron chi connectivity index (χ0n) is 10.1. The van der Waals surface area contributed by atoms with Crippen molar-refractivity contribution in [1.29, 1.82) is 0 Å². The van der Waals surface area contributed by atoms with Crippen molar-refractivity contribution < 1.29 is 14.6 Å². The van der Waals surface area contributed by atoms with Crippen LogP contribution in [0.25, 0.3) is 6.08 Å². The summed E-state index contributed by atoms with van der Waals surface area (Å²) in [7, 11) is 0. The fourth-order valence-corrected chi connectivity index (χ4v) is 1.85. The van der Waals surface area contributed by atoms with Crippen LogP contribution in [0.5, 0.6) is 11.5 Å². The zero-order valence-corrected chi connectivity index (χ0v) is 11.6. The van der Waals surface area contributed by atoms with E-state index in [0.29, 0.717) is 27.1 Å². The quantitative estimate of drug-likeness (QED) is 0.856. The van der Waals surface area contributed by atoms with E-state index in [1.807, 2.05) is 0 Å². The highest BCUT2D eigenvalue weighted by atomic mass is 35.5. The smallest absolute Gasteiger partial charge is 0.328 e. The predicted octanol–water partition coefficient (Wildman–Crippen LogP) is 4.28. The second-order valence-corrected chi connectivity index (χ2v) is 4.64. The van der Waals surface area contributed by atoms with Crippen molar-refractivity contribution in [3.8, 4) is 11.5 Å². The van der Waals surface area contributed by atoms with Gasteiger partial charge in [0.15, 0.2) is 0 Å². The van der Waals surface area contributed by atoms with Gasteiger partial charge in [-0.25, -0.2) is 4.79 Å². The number of halogens is 2. The van der Waals surface area contributed by atoms with Crippen LogP contribution in [0.15, 0.2) is 42.7 Å². The van der Waals surface area contributed by atoms with Crippen molar-refractivity contribution in [3.63, 3.8) is 0 Å². The number of ether oxygens (including phenoxy) is 1. The standard InChI is InChI=1S/C14H9Cl2NO3/c15-10-5-12(8-17-7-10)20-11-3-1-9(13(16)6-11)2-4-14(18)19/h1-8H,(H,18,19)/b4-2+. The highest BCUT2D eigenvalue weighted by molar-refractivity contribution is 6.32. The molecule has 2 rings (SSSR count). The first-order valence-electron chi connectivity index (χ1n) is 5.53. The van der Waals surface area contributed by atoms with Crippen LogP contribution in [0.3, 0.4) is 0 Å². The maximum absolute atomic E-state index is 10.4. The SMILES string of the molecule is O=C(O)/C=C/c1ccc(Oc2cncc(Cl)c2)cc1Cl. The molecular weight excluding hydrogens is 301 g/mol. The largest absolute Gasteiger partial charge is 0.478 e. The summed E-state index contributed by atoms with van der Waals surface area (Å²) in [5.41, 5.74) is 0.589. The summed E-state index contributed by atoms with van der Waals surface area (Å²) in [5, 5.41) is 9.42. The molecule has 0 saturated heterocycles. The Morgan fingerprint density at radius 2 is 2.00 bits per heavy atom. The summed E-state index contributed by atoms with van der Waals surface area (Å²) in [6.45, 7) is 0. The number of aliphatic carboxylic acids is 1. The van der Waals surface area contributed by atoms with Crippen molar-refractivity contribution >= 4 is 35.2 Å². The molecule has 102 valence electrons. The number of carboxylic acid groups (broad SMARTS) is 1. The average molecular weight is 310 g/mol. The number of rotatable bonds is 4. The Hall–Kier alpha value is -2.04. The number of hydrogen-bond acceptors (Lipinski definition) is 3. The Bertz CT molecular complexity index is 671. The second-order valence-electron chi connectivity index (χ2n) is 3.80. The molecule has 0 aliphatic carbocycles. The molecule has 0 aliphatic heterocycles. The van der Waals surface area contributed by atoms with Crippen molar-refractivity contribution in [2.24, 2.45) is 0 Å². The zero-order chi connectivity index (χ0) is 14.5. The normalized spacial score (nSPS) is 10.7. The van der Waals surface area contributed by atoms with E-state index in [1.54, 1.807) is 24.3 Å². The lowest BCUT2D eigenvalue weighted by molar-refractivity contribution is -0.131. The summed E-state index contributed by atoms with van der Waals surface area (Å²) in [4.78, 5) is 14.4. The molecule has 6 heteroatoms. The van der Waals surface area contributed by atoms with Crippen LogP contribution in [-0.4, -0.2) is 16.1 Å². The summed E-state index contributed by atoms with van der Waals surface area (Å²) >= 11 is 11.8. The van der Waals surface area contributed by atoms with Crippen LogP contribution in [0.1, 0.15) is 5.56 Å². The molecule has 0 bridgehead atoms. The van der Waals surface area contributed by atoms with Crippen LogP contribution < -0.4 is 4.74 Å². The Morgan fingerprint density at radius 3 is 2.65 bits per heavy atom. The maximum atomic E-state index is 10.4. The van der Waals surface area contributed by atoms with E-state index in [-0.39, 0.29) is 0 Å². The van der Waals surface area contributed by atoms with E-state index >= 15 is 0 Å². The highest BCUT2D eigenvalue weighted by Crippen LogP contribution is 2.28. The minimum absolute atomic E-state index is 0.384. The summed E-state index contributed by atoms with van der Waals surface area (Å²) in [6.07, 6.45) is 5.46. The van der Waals surface area contributed by atoms with Crippen LogP contribution in [0, 0.1) is 0 Å². The molecule has 0 atom stereocenters. The lowest BCUT2D eigenvalue weighted by atomic mass is 10.2. The van der Waals surface area contributed by atoms with Gasteiger partial charge in [0.25, 0.3) is 0 Å². The lowest BCUT2D eigenvalue weighted by Gasteiger charge is -2.07. The topological polar surface area (TPSA) is 59.4 Å². The molecule has 0 unspecified atom stereocenters. The van der Waals surface area contributed by atoms with Gasteiger partial charge in [-0.15, -0.1) is 0 Å². The maximum Gasteiger partial charge on any atom is 0.328 e. The molecule has 0 amide bonds. The molecule has 0 spiro atoms. The average Bonchev–Trinajstić information content (AvgIpc) is 2.37. The predicted molar refractivity (Wildman–Crippen MR) is 77.4 cm³/mol. The molecule has 4 nitrogen and oxygen atoms in total. The highest BCUT2D eigenvalue weighted by Gasteiger charge is 2.03. The van der Waals surface area contributed by atoms with Crippen LogP contribution in [-0.2, 0) is 4.79 Å². The van der Waals surface area contributed by atoms with Crippen molar-refractivity contribution in [2.75, 3.05) is 0 Å². The molecule has 0 fully saturated rings. The summed E-state index contributed by atoms with van der Waals surface area (Å²) in [6, 6.07) is 6.55. The molecule has 0 radical (unpaired) electrons. The van der Waals surface area contributed by atoms with Gasteiger partial charge in [0.05, 0.1) is 16.2 Å². The van der Waals surface area contributed by atoms with Gasteiger partial charge in [-0.05, 0) is 29.8 Å². The van der Waals surface area contributed by atoms with Gasteiger partial charge in [0, 0.05) is 18.3 Å². The first-order valence-corrected chi connectivity index (χ1v) is 6.29. The third-order valence-corrected chi connectivity index (χ3v) is 2.83. The van der Waals surface area contributed by atoms with E-state index in [0.717, 1.165) is 6.08 Å². The minimum Gasteiger partial charge on any atom is -0.478 e. The van der Waals surface area contributed by atoms with Gasteiger partial charge in [0.1, 0.15) is 11.5 Å². The monoisotopic (exact) mass is 309 g/mol. The number of benzene rings is 1. The van der Waals surface area contributed by atoms with Gasteiger partial charge in [-0.2, -0.15) is 0 Å². The number of aromatic nitrogens is 1. The Kier molecular flexibility index (Phi) is 4.61. The van der Waals surface area contributed by atoms with E-state index in [1.165, 1.54) is 18.5 Å².